The molecule has 0 saturated heterocycles. The molecule has 6 heteroatoms. The summed E-state index contributed by atoms with van der Waals surface area (Å²) in [6.45, 7) is 1.71. The molecule has 11 heavy (non-hydrogen) atoms. The molecule has 1 heterocycles. The normalized spacial score (nSPS) is 11.5. The van der Waals surface area contributed by atoms with Crippen LogP contribution in [0.3, 0.4) is 0 Å². The van der Waals surface area contributed by atoms with Gasteiger partial charge in [-0.25, -0.2) is 18.5 Å². The van der Waals surface area contributed by atoms with E-state index in [0.29, 0.717) is 5.69 Å². The first kappa shape index (κ1) is 8.09. The topological polar surface area (TPSA) is 85.9 Å². The molecule has 1 rings (SSSR count). The Balaban J connectivity index is 3.20. The van der Waals surface area contributed by atoms with Crippen LogP contribution in [0, 0.1) is 6.92 Å². The Morgan fingerprint density at radius 2 is 2.00 bits per heavy atom. The molecule has 0 unspecified atom stereocenters. The van der Waals surface area contributed by atoms with Gasteiger partial charge in [-0.15, -0.1) is 0 Å². The van der Waals surface area contributed by atoms with Gasteiger partial charge in [-0.2, -0.15) is 0 Å². The average Bonchev–Trinajstić information content (AvgIpc) is 1.86. The lowest BCUT2D eigenvalue weighted by molar-refractivity contribution is 0.593. The van der Waals surface area contributed by atoms with Crippen molar-refractivity contribution >= 4 is 10.0 Å². The minimum Gasteiger partial charge on any atom is -0.257 e. The molecule has 2 N–H and O–H groups in total. The SMILES string of the molecule is Cc1cnc(S(N)(=O)=O)cn1. The fraction of sp³-hybridized carbons (Fsp3) is 0.200. The van der Waals surface area contributed by atoms with Gasteiger partial charge >= 0.3 is 0 Å². The van der Waals surface area contributed by atoms with E-state index in [1.165, 1.54) is 6.20 Å². The van der Waals surface area contributed by atoms with Crippen molar-refractivity contribution in [2.45, 2.75) is 11.9 Å². The summed E-state index contributed by atoms with van der Waals surface area (Å²) in [5.41, 5.74) is 0.650. The number of aryl methyl sites for hydroxylation is 1. The Bertz CT molecular complexity index is 342. The smallest absolute Gasteiger partial charge is 0.257 e. The van der Waals surface area contributed by atoms with Gasteiger partial charge in [0.25, 0.3) is 10.0 Å². The lowest BCUT2D eigenvalue weighted by atomic mass is 10.5. The molecule has 0 saturated carbocycles. The summed E-state index contributed by atoms with van der Waals surface area (Å²) in [6.07, 6.45) is 2.48. The molecular weight excluding hydrogens is 166 g/mol. The van der Waals surface area contributed by atoms with Crippen LogP contribution in [0.2, 0.25) is 0 Å². The highest BCUT2D eigenvalue weighted by Crippen LogP contribution is 1.98. The molecule has 0 amide bonds. The highest BCUT2D eigenvalue weighted by Gasteiger charge is 2.08. The first-order chi connectivity index (χ1) is 5.00. The van der Waals surface area contributed by atoms with Gasteiger partial charge in [0.2, 0.25) is 0 Å². The van der Waals surface area contributed by atoms with Gasteiger partial charge in [0.15, 0.2) is 5.03 Å². The van der Waals surface area contributed by atoms with Crippen molar-refractivity contribution in [1.29, 1.82) is 0 Å². The van der Waals surface area contributed by atoms with Crippen LogP contribution in [0.4, 0.5) is 0 Å². The second-order valence-corrected chi connectivity index (χ2v) is 3.55. The molecule has 0 aliphatic carbocycles. The zero-order chi connectivity index (χ0) is 8.48. The third-order valence-electron chi connectivity index (χ3n) is 1.05. The summed E-state index contributed by atoms with van der Waals surface area (Å²) < 4.78 is 21.2. The molecule has 5 nitrogen and oxygen atoms in total. The predicted octanol–water partition coefficient (Wildman–Crippen LogP) is -0.568. The van der Waals surface area contributed by atoms with E-state index in [9.17, 15) is 8.42 Å². The summed E-state index contributed by atoms with van der Waals surface area (Å²) in [7, 11) is -3.69. The molecule has 60 valence electrons. The summed E-state index contributed by atoms with van der Waals surface area (Å²) >= 11 is 0. The van der Waals surface area contributed by atoms with Gasteiger partial charge in [0.1, 0.15) is 0 Å². The second kappa shape index (κ2) is 2.55. The van der Waals surface area contributed by atoms with Crippen molar-refractivity contribution in [3.05, 3.63) is 18.1 Å². The van der Waals surface area contributed by atoms with Crippen molar-refractivity contribution in [2.75, 3.05) is 0 Å². The highest BCUT2D eigenvalue weighted by molar-refractivity contribution is 7.89. The van der Waals surface area contributed by atoms with Gasteiger partial charge in [-0.05, 0) is 6.92 Å². The minimum atomic E-state index is -3.69. The van der Waals surface area contributed by atoms with Crippen LogP contribution in [0.25, 0.3) is 0 Å². The Labute approximate surface area is 64.3 Å². The minimum absolute atomic E-state index is 0.205. The number of aromatic nitrogens is 2. The number of nitrogens with zero attached hydrogens (tertiary/aromatic N) is 2. The van der Waals surface area contributed by atoms with Crippen LogP contribution >= 0.6 is 0 Å². The summed E-state index contributed by atoms with van der Waals surface area (Å²) in [5.74, 6) is 0. The van der Waals surface area contributed by atoms with Crippen LogP contribution in [0.15, 0.2) is 17.4 Å². The summed E-state index contributed by atoms with van der Waals surface area (Å²) in [4.78, 5) is 7.30. The van der Waals surface area contributed by atoms with E-state index in [1.807, 2.05) is 0 Å². The standard InChI is InChI=1S/C5H7N3O2S/c1-4-2-8-5(3-7-4)11(6,9)10/h2-3H,1H3,(H2,6,9,10). The Morgan fingerprint density at radius 3 is 2.36 bits per heavy atom. The Hall–Kier alpha value is -1.01. The predicted molar refractivity (Wildman–Crippen MR) is 38.1 cm³/mol. The fourth-order valence-electron chi connectivity index (χ4n) is 0.528. The molecule has 0 spiro atoms. The lowest BCUT2D eigenvalue weighted by Gasteiger charge is -1.94. The van der Waals surface area contributed by atoms with Gasteiger partial charge < -0.3 is 0 Å². The average molecular weight is 173 g/mol. The number of sulfonamides is 1. The van der Waals surface area contributed by atoms with E-state index >= 15 is 0 Å². The second-order valence-electron chi connectivity index (χ2n) is 2.04. The first-order valence-corrected chi connectivity index (χ1v) is 4.36. The number of rotatable bonds is 1. The number of primary sulfonamides is 1. The first-order valence-electron chi connectivity index (χ1n) is 2.81. The van der Waals surface area contributed by atoms with Crippen molar-refractivity contribution in [2.24, 2.45) is 5.14 Å². The zero-order valence-electron chi connectivity index (χ0n) is 5.85. The van der Waals surface area contributed by atoms with Crippen LogP contribution in [-0.4, -0.2) is 18.4 Å². The highest BCUT2D eigenvalue weighted by atomic mass is 32.2. The Morgan fingerprint density at radius 1 is 1.36 bits per heavy atom. The van der Waals surface area contributed by atoms with E-state index < -0.39 is 10.0 Å². The maximum Gasteiger partial charge on any atom is 0.257 e. The number of nitrogens with two attached hydrogens (primary N) is 1. The van der Waals surface area contributed by atoms with Crippen LogP contribution < -0.4 is 5.14 Å². The van der Waals surface area contributed by atoms with Crippen LogP contribution in [0.1, 0.15) is 5.69 Å². The summed E-state index contributed by atoms with van der Waals surface area (Å²) in [5, 5.41) is 4.57. The molecule has 0 fully saturated rings. The molecule has 0 aliphatic rings. The van der Waals surface area contributed by atoms with E-state index in [4.69, 9.17) is 5.14 Å². The van der Waals surface area contributed by atoms with Crippen LogP contribution in [0.5, 0.6) is 0 Å². The molecule has 0 aliphatic heterocycles. The lowest BCUT2D eigenvalue weighted by Crippen LogP contribution is -2.14. The largest absolute Gasteiger partial charge is 0.257 e. The van der Waals surface area contributed by atoms with E-state index in [1.54, 1.807) is 6.92 Å². The van der Waals surface area contributed by atoms with E-state index in [-0.39, 0.29) is 5.03 Å². The van der Waals surface area contributed by atoms with Crippen molar-refractivity contribution < 1.29 is 8.42 Å². The van der Waals surface area contributed by atoms with Crippen LogP contribution in [-0.2, 0) is 10.0 Å². The Kier molecular flexibility index (Phi) is 1.88. The van der Waals surface area contributed by atoms with E-state index in [0.717, 1.165) is 6.20 Å². The zero-order valence-corrected chi connectivity index (χ0v) is 6.67. The van der Waals surface area contributed by atoms with Gasteiger partial charge in [0.05, 0.1) is 11.9 Å². The monoisotopic (exact) mass is 173 g/mol. The molecule has 0 radical (unpaired) electrons. The fourth-order valence-corrected chi connectivity index (χ4v) is 0.927. The molecule has 1 aromatic rings. The maximum absolute atomic E-state index is 10.6. The number of hydrogen-bond donors (Lipinski definition) is 1. The quantitative estimate of drug-likeness (QED) is 0.616. The van der Waals surface area contributed by atoms with E-state index in [2.05, 4.69) is 9.97 Å². The van der Waals surface area contributed by atoms with Gasteiger partial charge in [-0.1, -0.05) is 0 Å². The van der Waals surface area contributed by atoms with Crippen molar-refractivity contribution in [3.63, 3.8) is 0 Å². The van der Waals surface area contributed by atoms with Gasteiger partial charge in [0, 0.05) is 6.20 Å². The molecule has 0 atom stereocenters. The summed E-state index contributed by atoms with van der Waals surface area (Å²) in [6, 6.07) is 0. The molecule has 0 aromatic carbocycles. The third-order valence-corrected chi connectivity index (χ3v) is 1.84. The molecule has 1 aromatic heterocycles. The third kappa shape index (κ3) is 1.95. The molecular formula is C5H7N3O2S. The number of hydrogen-bond acceptors (Lipinski definition) is 4. The van der Waals surface area contributed by atoms with Crippen molar-refractivity contribution in [1.82, 2.24) is 9.97 Å². The van der Waals surface area contributed by atoms with Crippen molar-refractivity contribution in [3.8, 4) is 0 Å². The molecule has 0 bridgehead atoms. The maximum atomic E-state index is 10.6. The van der Waals surface area contributed by atoms with Gasteiger partial charge in [-0.3, -0.25) is 4.98 Å².